The first-order valence-corrected chi connectivity index (χ1v) is 7.66. The lowest BCUT2D eigenvalue weighted by Gasteiger charge is -2.13. The van der Waals surface area contributed by atoms with Crippen molar-refractivity contribution in [3.8, 4) is 17.6 Å². The van der Waals surface area contributed by atoms with Gasteiger partial charge in [-0.1, -0.05) is 11.8 Å². The summed E-state index contributed by atoms with van der Waals surface area (Å²) in [6, 6.07) is 6.00. The summed E-state index contributed by atoms with van der Waals surface area (Å²) in [6.07, 6.45) is 3.53. The number of ether oxygens (including phenoxy) is 2. The summed E-state index contributed by atoms with van der Waals surface area (Å²) in [6.45, 7) is 4.78. The third kappa shape index (κ3) is 4.44. The highest BCUT2D eigenvalue weighted by molar-refractivity contribution is 6.18. The van der Waals surface area contributed by atoms with Crippen LogP contribution < -0.4 is 4.74 Å². The number of alkyl halides is 1. The highest BCUT2D eigenvalue weighted by Gasteiger charge is 2.22. The van der Waals surface area contributed by atoms with E-state index in [4.69, 9.17) is 21.1 Å². The van der Waals surface area contributed by atoms with Crippen molar-refractivity contribution >= 4 is 11.6 Å². The Kier molecular flexibility index (Phi) is 5.76. The smallest absolute Gasteiger partial charge is 0.119 e. The van der Waals surface area contributed by atoms with Gasteiger partial charge in [0, 0.05) is 17.9 Å². The third-order valence-electron chi connectivity index (χ3n) is 3.40. The van der Waals surface area contributed by atoms with E-state index < -0.39 is 0 Å². The second-order valence-corrected chi connectivity index (χ2v) is 5.55. The Labute approximate surface area is 126 Å². The summed E-state index contributed by atoms with van der Waals surface area (Å²) in [4.78, 5) is 0. The first-order valence-electron chi connectivity index (χ1n) is 7.13. The van der Waals surface area contributed by atoms with E-state index in [1.165, 1.54) is 0 Å². The largest absolute Gasteiger partial charge is 0.491 e. The van der Waals surface area contributed by atoms with Crippen LogP contribution >= 0.6 is 11.6 Å². The molecule has 0 spiro atoms. The molecule has 1 fully saturated rings. The SMILES string of the molecule is Cc1cc(OCC2CCC(C)O2)ccc1C#CCCCl. The molecule has 1 aliphatic heterocycles. The van der Waals surface area contributed by atoms with Crippen LogP contribution in [0.25, 0.3) is 0 Å². The highest BCUT2D eigenvalue weighted by atomic mass is 35.5. The molecule has 0 amide bonds. The molecule has 3 heteroatoms. The number of hydrogen-bond donors (Lipinski definition) is 0. The fourth-order valence-corrected chi connectivity index (χ4v) is 2.36. The molecule has 2 unspecified atom stereocenters. The van der Waals surface area contributed by atoms with Crippen molar-refractivity contribution in [2.75, 3.05) is 12.5 Å². The number of benzene rings is 1. The van der Waals surface area contributed by atoms with Gasteiger partial charge in [-0.15, -0.1) is 11.6 Å². The van der Waals surface area contributed by atoms with Gasteiger partial charge in [0.25, 0.3) is 0 Å². The molecule has 2 nitrogen and oxygen atoms in total. The third-order valence-corrected chi connectivity index (χ3v) is 3.59. The molecule has 0 aliphatic carbocycles. The van der Waals surface area contributed by atoms with Crippen LogP contribution in [-0.2, 0) is 4.74 Å². The number of rotatable bonds is 4. The second-order valence-electron chi connectivity index (χ2n) is 5.17. The van der Waals surface area contributed by atoms with Crippen molar-refractivity contribution in [3.63, 3.8) is 0 Å². The van der Waals surface area contributed by atoms with Gasteiger partial charge in [0.05, 0.1) is 12.2 Å². The minimum Gasteiger partial charge on any atom is -0.491 e. The van der Waals surface area contributed by atoms with Gasteiger partial charge in [-0.25, -0.2) is 0 Å². The van der Waals surface area contributed by atoms with Crippen molar-refractivity contribution in [1.29, 1.82) is 0 Å². The monoisotopic (exact) mass is 292 g/mol. The van der Waals surface area contributed by atoms with Crippen LogP contribution in [0.3, 0.4) is 0 Å². The van der Waals surface area contributed by atoms with E-state index >= 15 is 0 Å². The van der Waals surface area contributed by atoms with Crippen molar-refractivity contribution < 1.29 is 9.47 Å². The van der Waals surface area contributed by atoms with E-state index in [-0.39, 0.29) is 6.10 Å². The lowest BCUT2D eigenvalue weighted by atomic mass is 10.1. The molecule has 20 heavy (non-hydrogen) atoms. The maximum atomic E-state index is 5.81. The van der Waals surface area contributed by atoms with E-state index in [9.17, 15) is 0 Å². The quantitative estimate of drug-likeness (QED) is 0.618. The van der Waals surface area contributed by atoms with E-state index in [2.05, 4.69) is 18.8 Å². The normalized spacial score (nSPS) is 21.4. The van der Waals surface area contributed by atoms with Crippen molar-refractivity contribution in [2.24, 2.45) is 0 Å². The van der Waals surface area contributed by atoms with Gasteiger partial charge in [-0.2, -0.15) is 0 Å². The molecule has 2 atom stereocenters. The van der Waals surface area contributed by atoms with Crippen LogP contribution in [0.2, 0.25) is 0 Å². The lowest BCUT2D eigenvalue weighted by Crippen LogP contribution is -2.17. The number of aryl methyl sites for hydroxylation is 1. The van der Waals surface area contributed by atoms with Gasteiger partial charge in [0.2, 0.25) is 0 Å². The first-order chi connectivity index (χ1) is 9.69. The average Bonchev–Trinajstić information content (AvgIpc) is 2.85. The molecule has 2 rings (SSSR count). The van der Waals surface area contributed by atoms with Gasteiger partial charge < -0.3 is 9.47 Å². The van der Waals surface area contributed by atoms with Crippen LogP contribution in [0.1, 0.15) is 37.3 Å². The Morgan fingerprint density at radius 2 is 2.25 bits per heavy atom. The van der Waals surface area contributed by atoms with Crippen LogP contribution in [-0.4, -0.2) is 24.7 Å². The minimum absolute atomic E-state index is 0.230. The summed E-state index contributed by atoms with van der Waals surface area (Å²) < 4.78 is 11.5. The fraction of sp³-hybridized carbons (Fsp3) is 0.529. The predicted octanol–water partition coefficient (Wildman–Crippen LogP) is 3.92. The fourth-order valence-electron chi connectivity index (χ4n) is 2.27. The second kappa shape index (κ2) is 7.57. The van der Waals surface area contributed by atoms with Crippen molar-refractivity contribution in [1.82, 2.24) is 0 Å². The summed E-state index contributed by atoms with van der Waals surface area (Å²) >= 11 is 5.61. The van der Waals surface area contributed by atoms with Gasteiger partial charge in [0.15, 0.2) is 0 Å². The minimum atomic E-state index is 0.230. The van der Waals surface area contributed by atoms with Crippen LogP contribution in [0.15, 0.2) is 18.2 Å². The zero-order valence-corrected chi connectivity index (χ0v) is 12.9. The first kappa shape index (κ1) is 15.2. The Bertz CT molecular complexity index is 501. The maximum absolute atomic E-state index is 5.81. The van der Waals surface area contributed by atoms with E-state index in [0.29, 0.717) is 18.6 Å². The summed E-state index contributed by atoms with van der Waals surface area (Å²) in [5.74, 6) is 7.64. The molecule has 108 valence electrons. The molecular formula is C17H21ClO2. The van der Waals surface area contributed by atoms with Gasteiger partial charge in [-0.05, 0) is 50.5 Å². The Balaban J connectivity index is 1.90. The maximum Gasteiger partial charge on any atom is 0.119 e. The van der Waals surface area contributed by atoms with E-state index in [0.717, 1.165) is 36.1 Å². The zero-order valence-electron chi connectivity index (χ0n) is 12.1. The number of hydrogen-bond acceptors (Lipinski definition) is 2. The van der Waals surface area contributed by atoms with Crippen molar-refractivity contribution in [2.45, 2.75) is 45.3 Å². The van der Waals surface area contributed by atoms with Gasteiger partial charge >= 0.3 is 0 Å². The molecule has 0 radical (unpaired) electrons. The van der Waals surface area contributed by atoms with E-state index in [1.54, 1.807) is 0 Å². The van der Waals surface area contributed by atoms with Crippen LogP contribution in [0.5, 0.6) is 5.75 Å². The summed E-state index contributed by atoms with van der Waals surface area (Å²) in [7, 11) is 0. The number of halogens is 1. The Morgan fingerprint density at radius 1 is 1.40 bits per heavy atom. The van der Waals surface area contributed by atoms with E-state index in [1.807, 2.05) is 25.1 Å². The molecule has 0 N–H and O–H groups in total. The lowest BCUT2D eigenvalue weighted by molar-refractivity contribution is 0.0264. The molecule has 1 aromatic rings. The molecule has 0 bridgehead atoms. The molecule has 1 saturated heterocycles. The van der Waals surface area contributed by atoms with Crippen LogP contribution in [0, 0.1) is 18.8 Å². The average molecular weight is 293 g/mol. The van der Waals surface area contributed by atoms with Gasteiger partial charge in [-0.3, -0.25) is 0 Å². The highest BCUT2D eigenvalue weighted by Crippen LogP contribution is 2.21. The predicted molar refractivity (Wildman–Crippen MR) is 82.5 cm³/mol. The molecule has 1 heterocycles. The topological polar surface area (TPSA) is 18.5 Å². The Morgan fingerprint density at radius 3 is 2.90 bits per heavy atom. The Hall–Kier alpha value is -1.17. The molecule has 0 saturated carbocycles. The molecule has 0 aromatic heterocycles. The molecule has 1 aromatic carbocycles. The van der Waals surface area contributed by atoms with Crippen molar-refractivity contribution in [3.05, 3.63) is 29.3 Å². The van der Waals surface area contributed by atoms with Gasteiger partial charge in [0.1, 0.15) is 12.4 Å². The zero-order chi connectivity index (χ0) is 14.4. The summed E-state index contributed by atoms with van der Waals surface area (Å²) in [5, 5.41) is 0. The standard InChI is InChI=1S/C17H21ClO2/c1-13-11-16(9-7-15(13)5-3-4-10-18)19-12-17-8-6-14(2)20-17/h7,9,11,14,17H,4,6,8,10,12H2,1-2H3. The molecule has 1 aliphatic rings. The summed E-state index contributed by atoms with van der Waals surface area (Å²) in [5.41, 5.74) is 2.17. The van der Waals surface area contributed by atoms with Crippen LogP contribution in [0.4, 0.5) is 0 Å². The molecular weight excluding hydrogens is 272 g/mol.